The van der Waals surface area contributed by atoms with Crippen LogP contribution in [0.15, 0.2) is 37.2 Å². The Hall–Kier alpha value is -1.15. The predicted molar refractivity (Wildman–Crippen MR) is 74.1 cm³/mol. The summed E-state index contributed by atoms with van der Waals surface area (Å²) in [5, 5.41) is 3.40. The summed E-state index contributed by atoms with van der Waals surface area (Å²) < 4.78 is 0. The number of rotatable bonds is 9. The van der Waals surface area contributed by atoms with E-state index < -0.39 is 0 Å². The summed E-state index contributed by atoms with van der Waals surface area (Å²) >= 11 is 0. The van der Waals surface area contributed by atoms with Gasteiger partial charge in [-0.3, -0.25) is 4.98 Å². The number of likely N-dealkylation sites (N-methyl/N-ethyl adjacent to an activating group) is 1. The topological polar surface area (TPSA) is 24.9 Å². The van der Waals surface area contributed by atoms with Crippen LogP contribution in [0.25, 0.3) is 0 Å². The average Bonchev–Trinajstić information content (AvgIpc) is 2.38. The molecule has 0 spiro atoms. The fraction of sp³-hybridized carbons (Fsp3) is 0.533. The summed E-state index contributed by atoms with van der Waals surface area (Å²) in [7, 11) is 2.05. The molecule has 0 fully saturated rings. The number of unbranched alkanes of at least 4 members (excludes halogenated alkanes) is 3. The molecule has 0 aliphatic rings. The van der Waals surface area contributed by atoms with Crippen LogP contribution >= 0.6 is 0 Å². The molecule has 2 nitrogen and oxygen atoms in total. The molecule has 0 saturated heterocycles. The fourth-order valence-corrected chi connectivity index (χ4v) is 2.01. The zero-order valence-corrected chi connectivity index (χ0v) is 10.9. The first-order valence-electron chi connectivity index (χ1n) is 6.54. The Kier molecular flexibility index (Phi) is 7.32. The minimum Gasteiger partial charge on any atom is -0.317 e. The average molecular weight is 232 g/mol. The number of hydrogen-bond donors (Lipinski definition) is 1. The van der Waals surface area contributed by atoms with Crippen LogP contribution in [0.4, 0.5) is 0 Å². The number of nitrogens with one attached hydrogen (secondary N) is 1. The summed E-state index contributed by atoms with van der Waals surface area (Å²) in [6.45, 7) is 3.75. The van der Waals surface area contributed by atoms with E-state index in [9.17, 15) is 0 Å². The van der Waals surface area contributed by atoms with E-state index >= 15 is 0 Å². The number of nitrogens with zero attached hydrogens (tertiary/aromatic N) is 1. The summed E-state index contributed by atoms with van der Waals surface area (Å²) in [6, 6.07) is 4.78. The van der Waals surface area contributed by atoms with Gasteiger partial charge in [0.1, 0.15) is 0 Å². The molecule has 1 atom stereocenters. The van der Waals surface area contributed by atoms with Crippen molar-refractivity contribution in [2.45, 2.75) is 44.6 Å². The van der Waals surface area contributed by atoms with Crippen molar-refractivity contribution in [3.8, 4) is 0 Å². The lowest BCUT2D eigenvalue weighted by Gasteiger charge is -2.15. The highest BCUT2D eigenvalue weighted by Crippen LogP contribution is 2.10. The van der Waals surface area contributed by atoms with Crippen LogP contribution in [0.2, 0.25) is 0 Å². The van der Waals surface area contributed by atoms with Crippen LogP contribution in [0.5, 0.6) is 0 Å². The lowest BCUT2D eigenvalue weighted by molar-refractivity contribution is 0.487. The largest absolute Gasteiger partial charge is 0.317 e. The van der Waals surface area contributed by atoms with E-state index in [2.05, 4.69) is 36.1 Å². The first-order valence-corrected chi connectivity index (χ1v) is 6.54. The summed E-state index contributed by atoms with van der Waals surface area (Å²) in [5.41, 5.74) is 1.37. The quantitative estimate of drug-likeness (QED) is 0.522. The molecule has 0 aromatic carbocycles. The molecule has 1 unspecified atom stereocenters. The van der Waals surface area contributed by atoms with Gasteiger partial charge in [0, 0.05) is 18.4 Å². The molecule has 0 aliphatic heterocycles. The Morgan fingerprint density at radius 1 is 1.29 bits per heavy atom. The van der Waals surface area contributed by atoms with Gasteiger partial charge in [-0.2, -0.15) is 0 Å². The van der Waals surface area contributed by atoms with Gasteiger partial charge in [-0.05, 0) is 50.4 Å². The van der Waals surface area contributed by atoms with Crippen molar-refractivity contribution in [3.63, 3.8) is 0 Å². The van der Waals surface area contributed by atoms with Gasteiger partial charge in [-0.25, -0.2) is 0 Å². The maximum absolute atomic E-state index is 4.04. The molecule has 0 amide bonds. The Bertz CT molecular complexity index is 295. The maximum Gasteiger partial charge on any atom is 0.0270 e. The zero-order chi connectivity index (χ0) is 12.3. The van der Waals surface area contributed by atoms with E-state index in [1.807, 2.05) is 18.5 Å². The highest BCUT2D eigenvalue weighted by Gasteiger charge is 2.06. The van der Waals surface area contributed by atoms with Crippen LogP contribution in [-0.2, 0) is 6.42 Å². The molecule has 94 valence electrons. The lowest BCUT2D eigenvalue weighted by atomic mass is 10.0. The maximum atomic E-state index is 4.04. The molecule has 0 aliphatic carbocycles. The van der Waals surface area contributed by atoms with E-state index in [0.717, 1.165) is 12.8 Å². The van der Waals surface area contributed by atoms with Gasteiger partial charge in [-0.15, -0.1) is 6.58 Å². The van der Waals surface area contributed by atoms with E-state index in [4.69, 9.17) is 0 Å². The Balaban J connectivity index is 2.22. The van der Waals surface area contributed by atoms with Crippen molar-refractivity contribution < 1.29 is 0 Å². The fourth-order valence-electron chi connectivity index (χ4n) is 2.01. The third kappa shape index (κ3) is 6.22. The molecule has 0 radical (unpaired) electrons. The van der Waals surface area contributed by atoms with E-state index in [0.29, 0.717) is 6.04 Å². The number of aromatic nitrogens is 1. The number of allylic oxidation sites excluding steroid dienone is 1. The van der Waals surface area contributed by atoms with E-state index in [-0.39, 0.29) is 0 Å². The summed E-state index contributed by atoms with van der Waals surface area (Å²) in [5.74, 6) is 0. The van der Waals surface area contributed by atoms with Crippen LogP contribution in [-0.4, -0.2) is 18.1 Å². The normalized spacial score (nSPS) is 12.3. The van der Waals surface area contributed by atoms with Crippen molar-refractivity contribution in [3.05, 3.63) is 42.7 Å². The van der Waals surface area contributed by atoms with Crippen molar-refractivity contribution in [1.82, 2.24) is 10.3 Å². The molecular weight excluding hydrogens is 208 g/mol. The zero-order valence-electron chi connectivity index (χ0n) is 10.9. The van der Waals surface area contributed by atoms with Crippen molar-refractivity contribution >= 4 is 0 Å². The first kappa shape index (κ1) is 13.9. The molecule has 1 heterocycles. The highest BCUT2D eigenvalue weighted by atomic mass is 14.9. The lowest BCUT2D eigenvalue weighted by Crippen LogP contribution is -2.27. The van der Waals surface area contributed by atoms with Crippen LogP contribution in [0, 0.1) is 0 Å². The molecule has 1 aromatic rings. The second-order valence-electron chi connectivity index (χ2n) is 4.47. The van der Waals surface area contributed by atoms with Crippen molar-refractivity contribution in [2.75, 3.05) is 7.05 Å². The van der Waals surface area contributed by atoms with Gasteiger partial charge in [0.05, 0.1) is 0 Å². The summed E-state index contributed by atoms with van der Waals surface area (Å²) in [4.78, 5) is 4.04. The minimum atomic E-state index is 0.584. The van der Waals surface area contributed by atoms with Gasteiger partial charge >= 0.3 is 0 Å². The summed E-state index contributed by atoms with van der Waals surface area (Å²) in [6.07, 6.45) is 13.1. The second kappa shape index (κ2) is 8.94. The number of pyridine rings is 1. The highest BCUT2D eigenvalue weighted by molar-refractivity contribution is 5.11. The van der Waals surface area contributed by atoms with E-state index in [1.54, 1.807) is 0 Å². The van der Waals surface area contributed by atoms with Gasteiger partial charge < -0.3 is 5.32 Å². The molecule has 0 saturated carbocycles. The van der Waals surface area contributed by atoms with Gasteiger partial charge in [0.25, 0.3) is 0 Å². The van der Waals surface area contributed by atoms with Crippen molar-refractivity contribution in [1.29, 1.82) is 0 Å². The predicted octanol–water partition coefficient (Wildman–Crippen LogP) is 3.35. The smallest absolute Gasteiger partial charge is 0.0270 e. The molecule has 0 bridgehead atoms. The Labute approximate surface area is 105 Å². The molecule has 1 rings (SSSR count). The van der Waals surface area contributed by atoms with Gasteiger partial charge in [0.2, 0.25) is 0 Å². The van der Waals surface area contributed by atoms with Crippen molar-refractivity contribution in [2.24, 2.45) is 0 Å². The SMILES string of the molecule is C=CCCCCCC(Cc1ccncc1)NC. The third-order valence-electron chi connectivity index (χ3n) is 3.10. The first-order chi connectivity index (χ1) is 8.36. The van der Waals surface area contributed by atoms with Crippen LogP contribution < -0.4 is 5.32 Å². The Morgan fingerprint density at radius 2 is 2.06 bits per heavy atom. The molecule has 2 heteroatoms. The molecule has 1 aromatic heterocycles. The standard InChI is InChI=1S/C15H24N2/c1-3-4-5-6-7-8-15(16-2)13-14-9-11-17-12-10-14/h3,9-12,15-16H,1,4-8,13H2,2H3. The van der Waals surface area contributed by atoms with Gasteiger partial charge in [-0.1, -0.05) is 18.9 Å². The monoisotopic (exact) mass is 232 g/mol. The number of hydrogen-bond acceptors (Lipinski definition) is 2. The minimum absolute atomic E-state index is 0.584. The molecular formula is C15H24N2. The van der Waals surface area contributed by atoms with E-state index in [1.165, 1.54) is 31.2 Å². The Morgan fingerprint density at radius 3 is 2.71 bits per heavy atom. The third-order valence-corrected chi connectivity index (χ3v) is 3.10. The molecule has 1 N–H and O–H groups in total. The van der Waals surface area contributed by atoms with Gasteiger partial charge in [0.15, 0.2) is 0 Å². The molecule has 17 heavy (non-hydrogen) atoms. The van der Waals surface area contributed by atoms with Crippen LogP contribution in [0.1, 0.15) is 37.7 Å². The second-order valence-corrected chi connectivity index (χ2v) is 4.47. The van der Waals surface area contributed by atoms with Crippen LogP contribution in [0.3, 0.4) is 0 Å².